The molecule has 0 radical (unpaired) electrons. The van der Waals surface area contributed by atoms with E-state index in [-0.39, 0.29) is 5.91 Å². The monoisotopic (exact) mass is 509 g/mol. The van der Waals surface area contributed by atoms with Crippen molar-refractivity contribution in [3.8, 4) is 0 Å². The van der Waals surface area contributed by atoms with Gasteiger partial charge in [-0.1, -0.05) is 60.7 Å². The molecule has 0 bridgehead atoms. The van der Waals surface area contributed by atoms with E-state index in [1.165, 1.54) is 6.07 Å². The third-order valence-corrected chi connectivity index (χ3v) is 6.90. The predicted octanol–water partition coefficient (Wildman–Crippen LogP) is 7.30. The maximum Gasteiger partial charge on any atom is 0.416 e. The number of benzene rings is 5. The molecule has 0 saturated heterocycles. The van der Waals surface area contributed by atoms with Crippen LogP contribution >= 0.6 is 0 Å². The minimum absolute atomic E-state index is 0.355. The predicted molar refractivity (Wildman–Crippen MR) is 144 cm³/mol. The number of fused-ring (bicyclic) bond motifs is 3. The summed E-state index contributed by atoms with van der Waals surface area (Å²) in [6.07, 6.45) is -2.72. The van der Waals surface area contributed by atoms with Crippen LogP contribution in [0.5, 0.6) is 0 Å². The molecule has 0 aliphatic carbocycles. The Hall–Kier alpha value is -4.65. The van der Waals surface area contributed by atoms with Crippen LogP contribution in [-0.2, 0) is 19.3 Å². The van der Waals surface area contributed by atoms with Crippen molar-refractivity contribution >= 4 is 39.4 Å². The van der Waals surface area contributed by atoms with Crippen molar-refractivity contribution in [2.45, 2.75) is 19.3 Å². The van der Waals surface area contributed by atoms with Crippen molar-refractivity contribution in [1.29, 1.82) is 0 Å². The fourth-order valence-corrected chi connectivity index (χ4v) is 5.01. The maximum atomic E-state index is 13.1. The second-order valence-electron chi connectivity index (χ2n) is 9.32. The molecule has 0 aromatic heterocycles. The van der Waals surface area contributed by atoms with Crippen LogP contribution in [0.3, 0.4) is 0 Å². The molecule has 1 heterocycles. The summed E-state index contributed by atoms with van der Waals surface area (Å²) in [5.41, 5.74) is 5.68. The zero-order chi connectivity index (χ0) is 26.3. The van der Waals surface area contributed by atoms with Gasteiger partial charge in [0.2, 0.25) is 0 Å². The molecule has 0 atom stereocenters. The summed E-state index contributed by atoms with van der Waals surface area (Å²) >= 11 is 0. The van der Waals surface area contributed by atoms with Crippen LogP contribution in [0.25, 0.3) is 21.5 Å². The molecular weight excluding hydrogens is 487 g/mol. The standard InChI is InChI=1S/C31H22F3N3O/c32-31(33,34)25-8-5-9-26(16-25)37-18-23-13-12-22(15-24(23)19-37)30(38)36-35-17-29-27-10-3-1-6-20(27)14-21-7-2-4-11-28(21)29/h1-17H,18-19H2,(H,36,38)/b35-17+. The molecule has 4 nitrogen and oxygen atoms in total. The van der Waals surface area contributed by atoms with Gasteiger partial charge in [-0.3, -0.25) is 4.79 Å². The minimum atomic E-state index is -4.40. The van der Waals surface area contributed by atoms with E-state index in [1.807, 2.05) is 59.5 Å². The quantitative estimate of drug-likeness (QED) is 0.157. The van der Waals surface area contributed by atoms with Gasteiger partial charge in [0, 0.05) is 29.9 Å². The first-order valence-electron chi connectivity index (χ1n) is 12.1. The number of halogens is 3. The zero-order valence-electron chi connectivity index (χ0n) is 20.2. The summed E-state index contributed by atoms with van der Waals surface area (Å²) in [6.45, 7) is 0.897. The number of anilines is 1. The van der Waals surface area contributed by atoms with Crippen LogP contribution in [0, 0.1) is 0 Å². The van der Waals surface area contributed by atoms with Crippen molar-refractivity contribution in [1.82, 2.24) is 5.43 Å². The molecule has 1 aliphatic rings. The van der Waals surface area contributed by atoms with Crippen LogP contribution in [0.2, 0.25) is 0 Å². The summed E-state index contributed by atoms with van der Waals surface area (Å²) in [6, 6.07) is 28.9. The summed E-state index contributed by atoms with van der Waals surface area (Å²) in [5, 5.41) is 8.51. The minimum Gasteiger partial charge on any atom is -0.363 e. The zero-order valence-corrected chi connectivity index (χ0v) is 20.2. The number of nitrogens with one attached hydrogen (secondary N) is 1. The molecule has 0 unspecified atom stereocenters. The number of rotatable bonds is 4. The highest BCUT2D eigenvalue weighted by Crippen LogP contribution is 2.34. The Morgan fingerprint density at radius 1 is 0.789 bits per heavy atom. The lowest BCUT2D eigenvalue weighted by Crippen LogP contribution is -2.18. The van der Waals surface area contributed by atoms with E-state index in [0.29, 0.717) is 24.3 Å². The van der Waals surface area contributed by atoms with Gasteiger partial charge in [-0.25, -0.2) is 5.43 Å². The molecule has 5 aromatic rings. The average molecular weight is 510 g/mol. The number of carbonyl (C=O) groups is 1. The molecule has 0 spiro atoms. The fourth-order valence-electron chi connectivity index (χ4n) is 5.01. The highest BCUT2D eigenvalue weighted by molar-refractivity contribution is 6.13. The molecule has 0 saturated carbocycles. The second-order valence-corrected chi connectivity index (χ2v) is 9.32. The van der Waals surface area contributed by atoms with E-state index in [9.17, 15) is 18.0 Å². The summed E-state index contributed by atoms with van der Waals surface area (Å²) in [7, 11) is 0. The van der Waals surface area contributed by atoms with E-state index in [4.69, 9.17) is 0 Å². The van der Waals surface area contributed by atoms with Gasteiger partial charge in [-0.2, -0.15) is 18.3 Å². The molecule has 1 aliphatic heterocycles. The van der Waals surface area contributed by atoms with Crippen LogP contribution in [0.15, 0.2) is 102 Å². The first-order valence-corrected chi connectivity index (χ1v) is 12.1. The lowest BCUT2D eigenvalue weighted by atomic mass is 9.97. The average Bonchev–Trinajstić information content (AvgIpc) is 3.36. The number of hydrogen-bond donors (Lipinski definition) is 1. The molecule has 1 amide bonds. The second kappa shape index (κ2) is 9.34. The van der Waals surface area contributed by atoms with Gasteiger partial charge < -0.3 is 4.90 Å². The van der Waals surface area contributed by atoms with E-state index in [1.54, 1.807) is 24.4 Å². The van der Waals surface area contributed by atoms with E-state index >= 15 is 0 Å². The van der Waals surface area contributed by atoms with Gasteiger partial charge in [0.25, 0.3) is 5.91 Å². The highest BCUT2D eigenvalue weighted by Gasteiger charge is 2.31. The first-order chi connectivity index (χ1) is 18.4. The Morgan fingerprint density at radius 3 is 2.18 bits per heavy atom. The van der Waals surface area contributed by atoms with Crippen LogP contribution in [0.1, 0.15) is 32.6 Å². The Bertz CT molecular complexity index is 1670. The normalized spacial score (nSPS) is 13.4. The smallest absolute Gasteiger partial charge is 0.363 e. The van der Waals surface area contributed by atoms with Crippen LogP contribution in [-0.4, -0.2) is 12.1 Å². The van der Waals surface area contributed by atoms with E-state index in [0.717, 1.165) is 50.4 Å². The van der Waals surface area contributed by atoms with Crippen molar-refractivity contribution in [3.63, 3.8) is 0 Å². The number of hydrazone groups is 1. The van der Waals surface area contributed by atoms with Crippen LogP contribution < -0.4 is 10.3 Å². The first kappa shape index (κ1) is 23.7. The molecule has 7 heteroatoms. The number of nitrogens with zero attached hydrogens (tertiary/aromatic N) is 2. The molecule has 1 N–H and O–H groups in total. The van der Waals surface area contributed by atoms with Gasteiger partial charge in [-0.05, 0) is 69.1 Å². The third kappa shape index (κ3) is 4.47. The molecule has 6 rings (SSSR count). The highest BCUT2D eigenvalue weighted by atomic mass is 19.4. The lowest BCUT2D eigenvalue weighted by molar-refractivity contribution is -0.137. The Labute approximate surface area is 217 Å². The number of hydrogen-bond acceptors (Lipinski definition) is 3. The van der Waals surface area contributed by atoms with Crippen molar-refractivity contribution in [2.75, 3.05) is 4.90 Å². The molecule has 5 aromatic carbocycles. The Kier molecular flexibility index (Phi) is 5.83. The van der Waals surface area contributed by atoms with Gasteiger partial charge >= 0.3 is 6.18 Å². The van der Waals surface area contributed by atoms with Gasteiger partial charge in [-0.15, -0.1) is 0 Å². The molecule has 188 valence electrons. The summed E-state index contributed by atoms with van der Waals surface area (Å²) < 4.78 is 39.4. The Balaban J connectivity index is 1.21. The number of carbonyl (C=O) groups excluding carboxylic acids is 1. The summed E-state index contributed by atoms with van der Waals surface area (Å²) in [5.74, 6) is -0.355. The fraction of sp³-hybridized carbons (Fsp3) is 0.0968. The molecule has 0 fully saturated rings. The topological polar surface area (TPSA) is 44.7 Å². The van der Waals surface area contributed by atoms with Crippen LogP contribution in [0.4, 0.5) is 18.9 Å². The largest absolute Gasteiger partial charge is 0.416 e. The van der Waals surface area contributed by atoms with E-state index in [2.05, 4.69) is 16.6 Å². The Morgan fingerprint density at radius 2 is 1.47 bits per heavy atom. The number of alkyl halides is 3. The van der Waals surface area contributed by atoms with Gasteiger partial charge in [0.1, 0.15) is 0 Å². The molecule has 38 heavy (non-hydrogen) atoms. The van der Waals surface area contributed by atoms with Crippen molar-refractivity contribution < 1.29 is 18.0 Å². The lowest BCUT2D eigenvalue weighted by Gasteiger charge is -2.19. The third-order valence-electron chi connectivity index (χ3n) is 6.90. The SMILES string of the molecule is O=C(N/N=C/c1c2ccccc2cc2ccccc12)c1ccc2c(c1)CN(c1cccc(C(F)(F)F)c1)C2. The van der Waals surface area contributed by atoms with E-state index < -0.39 is 11.7 Å². The van der Waals surface area contributed by atoms with Gasteiger partial charge in [0.15, 0.2) is 0 Å². The summed E-state index contributed by atoms with van der Waals surface area (Å²) in [4.78, 5) is 14.8. The molecular formula is C31H22F3N3O. The van der Waals surface area contributed by atoms with Crippen molar-refractivity contribution in [2.24, 2.45) is 5.10 Å². The number of amides is 1. The maximum absolute atomic E-state index is 13.1. The van der Waals surface area contributed by atoms with Crippen molar-refractivity contribution in [3.05, 3.63) is 125 Å². The van der Waals surface area contributed by atoms with Gasteiger partial charge in [0.05, 0.1) is 11.8 Å².